The van der Waals surface area contributed by atoms with Crippen molar-refractivity contribution in [3.8, 4) is 0 Å². The fourth-order valence-corrected chi connectivity index (χ4v) is 5.38. The monoisotopic (exact) mass is 335 g/mol. The Morgan fingerprint density at radius 2 is 1.91 bits per heavy atom. The lowest BCUT2D eigenvalue weighted by molar-refractivity contribution is -0.132. The quantitative estimate of drug-likeness (QED) is 0.831. The van der Waals surface area contributed by atoms with Crippen molar-refractivity contribution in [2.45, 2.75) is 44.6 Å². The van der Waals surface area contributed by atoms with Crippen LogP contribution in [0, 0.1) is 5.41 Å². The van der Waals surface area contributed by atoms with Gasteiger partial charge in [-0.05, 0) is 37.2 Å². The molecule has 1 aromatic rings. The molecule has 2 aliphatic rings. The molecule has 1 saturated heterocycles. The van der Waals surface area contributed by atoms with Crippen LogP contribution in [0.15, 0.2) is 30.3 Å². The van der Waals surface area contributed by atoms with Crippen LogP contribution in [0.5, 0.6) is 0 Å². The average Bonchev–Trinajstić information content (AvgIpc) is 3.07. The molecule has 126 valence electrons. The minimum atomic E-state index is -3.03. The third kappa shape index (κ3) is 3.94. The Morgan fingerprint density at radius 3 is 2.48 bits per heavy atom. The first-order valence-electron chi connectivity index (χ1n) is 8.30. The lowest BCUT2D eigenvalue weighted by atomic mass is 9.97. The summed E-state index contributed by atoms with van der Waals surface area (Å²) in [5.41, 5.74) is 1.00. The van der Waals surface area contributed by atoms with Gasteiger partial charge in [-0.1, -0.05) is 30.3 Å². The van der Waals surface area contributed by atoms with E-state index < -0.39 is 9.84 Å². The van der Waals surface area contributed by atoms with E-state index in [9.17, 15) is 13.2 Å². The van der Waals surface area contributed by atoms with E-state index in [1.54, 1.807) is 0 Å². The van der Waals surface area contributed by atoms with Crippen LogP contribution in [0.3, 0.4) is 0 Å². The van der Waals surface area contributed by atoms with E-state index in [1.165, 1.54) is 11.8 Å². The molecule has 0 aromatic heterocycles. The van der Waals surface area contributed by atoms with Crippen LogP contribution in [0.2, 0.25) is 0 Å². The number of benzene rings is 1. The summed E-state index contributed by atoms with van der Waals surface area (Å²) in [7, 11) is -3.03. The van der Waals surface area contributed by atoms with Crippen LogP contribution in [0.25, 0.3) is 0 Å². The van der Waals surface area contributed by atoms with Crippen molar-refractivity contribution in [3.63, 3.8) is 0 Å². The van der Waals surface area contributed by atoms with Gasteiger partial charge in [0.25, 0.3) is 0 Å². The number of amides is 1. The molecule has 0 N–H and O–H groups in total. The molecule has 23 heavy (non-hydrogen) atoms. The number of carbonyl (C=O) groups is 1. The van der Waals surface area contributed by atoms with Gasteiger partial charge in [-0.15, -0.1) is 0 Å². The van der Waals surface area contributed by atoms with Gasteiger partial charge in [0.1, 0.15) is 9.84 Å². The maximum Gasteiger partial charge on any atom is 0.223 e. The summed E-state index contributed by atoms with van der Waals surface area (Å²) in [5, 5.41) is 0. The van der Waals surface area contributed by atoms with E-state index >= 15 is 0 Å². The first kappa shape index (κ1) is 16.5. The highest BCUT2D eigenvalue weighted by Gasteiger charge is 2.48. The predicted molar refractivity (Wildman–Crippen MR) is 91.0 cm³/mol. The molecule has 1 heterocycles. The molecule has 2 fully saturated rings. The van der Waals surface area contributed by atoms with E-state index in [-0.39, 0.29) is 23.1 Å². The fraction of sp³-hybridized carbons (Fsp3) is 0.611. The van der Waals surface area contributed by atoms with Gasteiger partial charge in [0.2, 0.25) is 5.91 Å². The minimum Gasteiger partial charge on any atom is -0.339 e. The number of carbonyl (C=O) groups excluding carboxylic acids is 1. The highest BCUT2D eigenvalue weighted by atomic mass is 32.2. The lowest BCUT2D eigenvalue weighted by Crippen LogP contribution is -2.36. The highest BCUT2D eigenvalue weighted by Crippen LogP contribution is 2.50. The second-order valence-electron chi connectivity index (χ2n) is 7.49. The van der Waals surface area contributed by atoms with Crippen molar-refractivity contribution in [1.82, 2.24) is 4.90 Å². The molecule has 1 aliphatic carbocycles. The van der Waals surface area contributed by atoms with E-state index in [4.69, 9.17) is 0 Å². The molecule has 0 spiro atoms. The van der Waals surface area contributed by atoms with Crippen LogP contribution in [-0.2, 0) is 14.6 Å². The Kier molecular flexibility index (Phi) is 4.25. The van der Waals surface area contributed by atoms with Crippen molar-refractivity contribution < 1.29 is 13.2 Å². The van der Waals surface area contributed by atoms with Crippen molar-refractivity contribution in [1.29, 1.82) is 0 Å². The number of nitrogens with zero attached hydrogens (tertiary/aromatic N) is 1. The average molecular weight is 335 g/mol. The normalized spacial score (nSPS) is 26.3. The smallest absolute Gasteiger partial charge is 0.223 e. The van der Waals surface area contributed by atoms with Gasteiger partial charge in [-0.3, -0.25) is 4.79 Å². The molecule has 2 atom stereocenters. The highest BCUT2D eigenvalue weighted by molar-refractivity contribution is 7.90. The van der Waals surface area contributed by atoms with E-state index in [0.717, 1.165) is 25.8 Å². The summed E-state index contributed by atoms with van der Waals surface area (Å²) >= 11 is 0. The van der Waals surface area contributed by atoms with Gasteiger partial charge in [0, 0.05) is 31.2 Å². The summed E-state index contributed by atoms with van der Waals surface area (Å²) in [6.07, 6.45) is 4.34. The van der Waals surface area contributed by atoms with Crippen LogP contribution in [0.4, 0.5) is 0 Å². The molecule has 5 heteroatoms. The second kappa shape index (κ2) is 5.93. The van der Waals surface area contributed by atoms with Crippen molar-refractivity contribution >= 4 is 15.7 Å². The van der Waals surface area contributed by atoms with Gasteiger partial charge in [-0.2, -0.15) is 0 Å². The third-order valence-electron chi connectivity index (χ3n) is 5.22. The zero-order chi connectivity index (χ0) is 16.7. The van der Waals surface area contributed by atoms with Gasteiger partial charge in [0.05, 0.1) is 5.75 Å². The van der Waals surface area contributed by atoms with Crippen LogP contribution < -0.4 is 0 Å². The number of hydrogen-bond acceptors (Lipinski definition) is 3. The van der Waals surface area contributed by atoms with Gasteiger partial charge in [0.15, 0.2) is 0 Å². The molecule has 1 aliphatic heterocycles. The number of likely N-dealkylation sites (tertiary alicyclic amines) is 1. The molecule has 0 radical (unpaired) electrons. The van der Waals surface area contributed by atoms with E-state index in [0.29, 0.717) is 12.3 Å². The lowest BCUT2D eigenvalue weighted by Gasteiger charge is -2.24. The van der Waals surface area contributed by atoms with Gasteiger partial charge in [-0.25, -0.2) is 8.42 Å². The zero-order valence-electron chi connectivity index (χ0n) is 13.9. The summed E-state index contributed by atoms with van der Waals surface area (Å²) in [6, 6.07) is 10.6. The summed E-state index contributed by atoms with van der Waals surface area (Å²) in [5.74, 6) is 0.660. The maximum atomic E-state index is 12.7. The molecular weight excluding hydrogens is 310 g/mol. The Morgan fingerprint density at radius 1 is 1.26 bits per heavy atom. The molecule has 0 bridgehead atoms. The molecule has 3 rings (SSSR count). The largest absolute Gasteiger partial charge is 0.339 e. The Labute approximate surface area is 138 Å². The van der Waals surface area contributed by atoms with Crippen LogP contribution >= 0.6 is 0 Å². The summed E-state index contributed by atoms with van der Waals surface area (Å²) in [4.78, 5) is 14.7. The molecular formula is C18H25NO3S. The molecule has 1 saturated carbocycles. The van der Waals surface area contributed by atoms with Gasteiger partial charge >= 0.3 is 0 Å². The summed E-state index contributed by atoms with van der Waals surface area (Å²) in [6.45, 7) is 2.84. The zero-order valence-corrected chi connectivity index (χ0v) is 14.7. The van der Waals surface area contributed by atoms with E-state index in [1.807, 2.05) is 23.1 Å². The van der Waals surface area contributed by atoms with Gasteiger partial charge < -0.3 is 4.90 Å². The topological polar surface area (TPSA) is 54.5 Å². The molecule has 1 amide bonds. The second-order valence-corrected chi connectivity index (χ2v) is 9.63. The first-order chi connectivity index (χ1) is 10.8. The third-order valence-corrected chi connectivity index (χ3v) is 6.35. The predicted octanol–water partition coefficient (Wildman–Crippen LogP) is 2.61. The first-order valence-corrected chi connectivity index (χ1v) is 10.4. The van der Waals surface area contributed by atoms with E-state index in [2.05, 4.69) is 19.1 Å². The number of rotatable bonds is 5. The Balaban J connectivity index is 1.64. The van der Waals surface area contributed by atoms with Crippen molar-refractivity contribution in [3.05, 3.63) is 35.9 Å². The standard InChI is InChI=1S/C18H25NO3S/c1-14-10-16(15-6-4-3-5-7-15)12-19(14)17(20)11-18(8-9-18)13-23(2,21)22/h3-7,14,16H,8-13H2,1-2H3/t14-,16-/m0/s1. The van der Waals surface area contributed by atoms with Crippen molar-refractivity contribution in [2.75, 3.05) is 18.6 Å². The Bertz CT molecular complexity index is 679. The molecule has 4 nitrogen and oxygen atoms in total. The SMILES string of the molecule is C[C@H]1C[C@H](c2ccccc2)CN1C(=O)CC1(CS(C)(=O)=O)CC1. The fourth-order valence-electron chi connectivity index (χ4n) is 3.87. The molecule has 0 unspecified atom stereocenters. The Hall–Kier alpha value is -1.36. The van der Waals surface area contributed by atoms with Crippen LogP contribution in [-0.4, -0.2) is 43.8 Å². The van der Waals surface area contributed by atoms with Crippen LogP contribution in [0.1, 0.15) is 44.1 Å². The van der Waals surface area contributed by atoms with Crippen molar-refractivity contribution in [2.24, 2.45) is 5.41 Å². The number of sulfone groups is 1. The number of hydrogen-bond donors (Lipinski definition) is 0. The minimum absolute atomic E-state index is 0.122. The maximum absolute atomic E-state index is 12.7. The summed E-state index contributed by atoms with van der Waals surface area (Å²) < 4.78 is 23.1. The molecule has 1 aromatic carbocycles.